The number of amides is 1. The van der Waals surface area contributed by atoms with Gasteiger partial charge in [0.05, 0.1) is 6.42 Å². The van der Waals surface area contributed by atoms with E-state index in [1.807, 2.05) is 0 Å². The lowest BCUT2D eigenvalue weighted by Crippen LogP contribution is -2.18. The van der Waals surface area contributed by atoms with E-state index >= 15 is 0 Å². The van der Waals surface area contributed by atoms with Gasteiger partial charge in [-0.2, -0.15) is 0 Å². The first-order valence-corrected chi connectivity index (χ1v) is 5.75. The van der Waals surface area contributed by atoms with E-state index in [1.54, 1.807) is 0 Å². The van der Waals surface area contributed by atoms with Crippen molar-refractivity contribution in [2.45, 2.75) is 6.42 Å². The van der Waals surface area contributed by atoms with Gasteiger partial charge in [-0.3, -0.25) is 4.79 Å². The number of benzene rings is 1. The van der Waals surface area contributed by atoms with Crippen LogP contribution in [0.25, 0.3) is 0 Å². The highest BCUT2D eigenvalue weighted by Gasteiger charge is 2.15. The zero-order valence-electron chi connectivity index (χ0n) is 10.5. The average Bonchev–Trinajstić information content (AvgIpc) is 2.43. The van der Waals surface area contributed by atoms with Crippen LogP contribution >= 0.6 is 0 Å². The van der Waals surface area contributed by atoms with Crippen LogP contribution in [0.1, 0.15) is 16.1 Å². The molecule has 0 spiro atoms. The number of aromatic nitrogens is 2. The summed E-state index contributed by atoms with van der Waals surface area (Å²) in [5.41, 5.74) is -0.164. The summed E-state index contributed by atoms with van der Waals surface area (Å²) in [6.45, 7) is 0. The van der Waals surface area contributed by atoms with Crippen molar-refractivity contribution in [3.63, 3.8) is 0 Å². The zero-order valence-corrected chi connectivity index (χ0v) is 10.5. The number of carboxylic acid groups (broad SMARTS) is 1. The van der Waals surface area contributed by atoms with Crippen molar-refractivity contribution < 1.29 is 23.5 Å². The number of carbonyl (C=O) groups is 2. The summed E-state index contributed by atoms with van der Waals surface area (Å²) in [6, 6.07) is 3.05. The van der Waals surface area contributed by atoms with E-state index in [1.165, 1.54) is 18.5 Å². The monoisotopic (exact) mass is 293 g/mol. The van der Waals surface area contributed by atoms with Gasteiger partial charge in [-0.05, 0) is 17.7 Å². The second-order valence-electron chi connectivity index (χ2n) is 4.03. The molecule has 1 heterocycles. The van der Waals surface area contributed by atoms with E-state index < -0.39 is 29.2 Å². The second-order valence-corrected chi connectivity index (χ2v) is 4.03. The fraction of sp³-hybridized carbons (Fsp3) is 0.0769. The molecular weight excluding hydrogens is 284 g/mol. The molecule has 0 saturated carbocycles. The van der Waals surface area contributed by atoms with Crippen molar-refractivity contribution in [3.05, 3.63) is 53.5 Å². The Labute approximate surface area is 117 Å². The zero-order chi connectivity index (χ0) is 15.4. The number of hydrogen-bond acceptors (Lipinski definition) is 4. The van der Waals surface area contributed by atoms with Crippen LogP contribution in [0.5, 0.6) is 0 Å². The van der Waals surface area contributed by atoms with Crippen molar-refractivity contribution >= 4 is 17.7 Å². The minimum atomic E-state index is -1.34. The lowest BCUT2D eigenvalue weighted by atomic mass is 10.1. The Kier molecular flexibility index (Phi) is 4.17. The third kappa shape index (κ3) is 3.56. The molecule has 0 bridgehead atoms. The molecule has 0 aliphatic rings. The summed E-state index contributed by atoms with van der Waals surface area (Å²) < 4.78 is 25.8. The minimum absolute atomic E-state index is 0.211. The van der Waals surface area contributed by atoms with Crippen LogP contribution in [0, 0.1) is 11.6 Å². The van der Waals surface area contributed by atoms with E-state index in [-0.39, 0.29) is 17.8 Å². The Balaban J connectivity index is 2.12. The van der Waals surface area contributed by atoms with Gasteiger partial charge in [-0.25, -0.2) is 23.5 Å². The van der Waals surface area contributed by atoms with Gasteiger partial charge < -0.3 is 10.4 Å². The number of nitrogens with one attached hydrogen (secondary N) is 1. The number of halogens is 2. The second kappa shape index (κ2) is 6.04. The van der Waals surface area contributed by atoms with Gasteiger partial charge in [0.15, 0.2) is 23.1 Å². The van der Waals surface area contributed by atoms with Crippen LogP contribution in [0.2, 0.25) is 0 Å². The molecule has 6 nitrogen and oxygen atoms in total. The van der Waals surface area contributed by atoms with Gasteiger partial charge in [0.1, 0.15) is 0 Å². The molecule has 0 unspecified atom stereocenters. The lowest BCUT2D eigenvalue weighted by molar-refractivity contribution is -0.115. The van der Waals surface area contributed by atoms with Gasteiger partial charge in [0.25, 0.3) is 0 Å². The van der Waals surface area contributed by atoms with E-state index in [0.717, 1.165) is 12.1 Å². The maximum Gasteiger partial charge on any atom is 0.358 e. The summed E-state index contributed by atoms with van der Waals surface area (Å²) in [5.74, 6) is -4.25. The number of carboxylic acids is 1. The Bertz CT molecular complexity index is 707. The summed E-state index contributed by atoms with van der Waals surface area (Å²) in [4.78, 5) is 29.9. The molecule has 0 aliphatic heterocycles. The number of rotatable bonds is 4. The van der Waals surface area contributed by atoms with Gasteiger partial charge in [0.2, 0.25) is 5.91 Å². The number of nitrogens with zero attached hydrogens (tertiary/aromatic N) is 2. The molecule has 1 amide bonds. The molecule has 1 aromatic heterocycles. The van der Waals surface area contributed by atoms with Gasteiger partial charge >= 0.3 is 5.97 Å². The molecule has 1 aromatic carbocycles. The van der Waals surface area contributed by atoms with E-state index in [2.05, 4.69) is 15.3 Å². The van der Waals surface area contributed by atoms with Crippen LogP contribution < -0.4 is 5.32 Å². The first-order chi connectivity index (χ1) is 9.97. The Morgan fingerprint density at radius 1 is 1.14 bits per heavy atom. The Morgan fingerprint density at radius 3 is 2.52 bits per heavy atom. The molecule has 0 atom stereocenters. The fourth-order valence-corrected chi connectivity index (χ4v) is 1.60. The van der Waals surface area contributed by atoms with Crippen molar-refractivity contribution in [1.82, 2.24) is 9.97 Å². The van der Waals surface area contributed by atoms with Gasteiger partial charge in [0, 0.05) is 12.4 Å². The third-order valence-electron chi connectivity index (χ3n) is 2.51. The highest BCUT2D eigenvalue weighted by molar-refractivity contribution is 5.98. The third-order valence-corrected chi connectivity index (χ3v) is 2.51. The van der Waals surface area contributed by atoms with Crippen LogP contribution in [-0.2, 0) is 11.2 Å². The smallest absolute Gasteiger partial charge is 0.358 e. The predicted octanol–water partition coefficient (Wildman–Crippen LogP) is 1.63. The molecule has 0 radical (unpaired) electrons. The largest absolute Gasteiger partial charge is 0.476 e. The Morgan fingerprint density at radius 2 is 1.86 bits per heavy atom. The quantitative estimate of drug-likeness (QED) is 0.894. The van der Waals surface area contributed by atoms with E-state index in [4.69, 9.17) is 5.11 Å². The number of anilines is 1. The van der Waals surface area contributed by atoms with Gasteiger partial charge in [-0.1, -0.05) is 6.07 Å². The normalized spacial score (nSPS) is 10.2. The maximum atomic E-state index is 13.0. The summed E-state index contributed by atoms with van der Waals surface area (Å²) >= 11 is 0. The van der Waals surface area contributed by atoms with Crippen LogP contribution in [0.15, 0.2) is 30.6 Å². The molecule has 2 N–H and O–H groups in total. The first kappa shape index (κ1) is 14.5. The summed E-state index contributed by atoms with van der Waals surface area (Å²) in [6.07, 6.45) is 2.14. The van der Waals surface area contributed by atoms with Crippen molar-refractivity contribution in [2.24, 2.45) is 0 Å². The SMILES string of the molecule is O=C(Cc1ccc(F)c(F)c1)Nc1nccnc1C(=O)O. The van der Waals surface area contributed by atoms with E-state index in [9.17, 15) is 18.4 Å². The fourth-order valence-electron chi connectivity index (χ4n) is 1.60. The minimum Gasteiger partial charge on any atom is -0.476 e. The summed E-state index contributed by atoms with van der Waals surface area (Å²) in [5, 5.41) is 11.2. The standard InChI is InChI=1S/C13H9F2N3O3/c14-8-2-1-7(5-9(8)15)6-10(19)18-12-11(13(20)21)16-3-4-17-12/h1-5H,6H2,(H,20,21)(H,17,18,19). The van der Waals surface area contributed by atoms with Crippen LogP contribution in [-0.4, -0.2) is 27.0 Å². The average molecular weight is 293 g/mol. The van der Waals surface area contributed by atoms with Crippen LogP contribution in [0.4, 0.5) is 14.6 Å². The molecule has 21 heavy (non-hydrogen) atoms. The van der Waals surface area contributed by atoms with Gasteiger partial charge in [-0.15, -0.1) is 0 Å². The molecular formula is C13H9F2N3O3. The maximum absolute atomic E-state index is 13.0. The molecule has 0 aliphatic carbocycles. The molecule has 0 fully saturated rings. The first-order valence-electron chi connectivity index (χ1n) is 5.75. The number of aromatic carboxylic acids is 1. The van der Waals surface area contributed by atoms with Crippen molar-refractivity contribution in [2.75, 3.05) is 5.32 Å². The summed E-state index contributed by atoms with van der Waals surface area (Å²) in [7, 11) is 0. The lowest BCUT2D eigenvalue weighted by Gasteiger charge is -2.06. The van der Waals surface area contributed by atoms with Crippen molar-refractivity contribution in [1.29, 1.82) is 0 Å². The van der Waals surface area contributed by atoms with E-state index in [0.29, 0.717) is 0 Å². The molecule has 2 rings (SSSR count). The van der Waals surface area contributed by atoms with Crippen molar-refractivity contribution in [3.8, 4) is 0 Å². The molecule has 2 aromatic rings. The van der Waals surface area contributed by atoms with Crippen LogP contribution in [0.3, 0.4) is 0 Å². The molecule has 8 heteroatoms. The highest BCUT2D eigenvalue weighted by atomic mass is 19.2. The number of hydrogen-bond donors (Lipinski definition) is 2. The highest BCUT2D eigenvalue weighted by Crippen LogP contribution is 2.12. The predicted molar refractivity (Wildman–Crippen MR) is 67.7 cm³/mol. The number of carbonyl (C=O) groups excluding carboxylic acids is 1. The molecule has 108 valence electrons. The topological polar surface area (TPSA) is 92.2 Å². The molecule has 0 saturated heterocycles. The Hall–Kier alpha value is -2.90.